The summed E-state index contributed by atoms with van der Waals surface area (Å²) in [5, 5.41) is 1.62. The molecular formula is C10H18N2O2S2. The molecule has 0 amide bonds. The first-order chi connectivity index (χ1) is 7.30. The number of sulfonamides is 1. The standard InChI is InChI=1S/C10H18N2O2S2/c1-4-10(2,3)12-16(13,14)9-5-8(6-11)15-7-9/h5,7,12H,4,6,11H2,1-3H3. The minimum absolute atomic E-state index is 0.305. The van der Waals surface area contributed by atoms with Crippen LogP contribution < -0.4 is 10.5 Å². The average Bonchev–Trinajstić information content (AvgIpc) is 2.65. The predicted molar refractivity (Wildman–Crippen MR) is 66.9 cm³/mol. The van der Waals surface area contributed by atoms with E-state index >= 15 is 0 Å². The highest BCUT2D eigenvalue weighted by Crippen LogP contribution is 2.21. The highest BCUT2D eigenvalue weighted by atomic mass is 32.2. The van der Waals surface area contributed by atoms with Gasteiger partial charge in [-0.15, -0.1) is 11.3 Å². The third-order valence-electron chi connectivity index (χ3n) is 2.44. The van der Waals surface area contributed by atoms with Gasteiger partial charge in [0.25, 0.3) is 0 Å². The first-order valence-corrected chi connectivity index (χ1v) is 7.48. The minimum Gasteiger partial charge on any atom is -0.326 e. The predicted octanol–water partition coefficient (Wildman–Crippen LogP) is 1.67. The van der Waals surface area contributed by atoms with Crippen LogP contribution in [0.3, 0.4) is 0 Å². The maximum Gasteiger partial charge on any atom is 0.241 e. The van der Waals surface area contributed by atoms with Gasteiger partial charge in [-0.3, -0.25) is 0 Å². The van der Waals surface area contributed by atoms with Gasteiger partial charge in [0, 0.05) is 22.3 Å². The molecule has 0 atom stereocenters. The van der Waals surface area contributed by atoms with Gasteiger partial charge in [-0.05, 0) is 26.3 Å². The van der Waals surface area contributed by atoms with Gasteiger partial charge in [0.1, 0.15) is 0 Å². The summed E-state index contributed by atoms with van der Waals surface area (Å²) >= 11 is 1.37. The van der Waals surface area contributed by atoms with Crippen molar-refractivity contribution in [2.24, 2.45) is 5.73 Å². The molecule has 0 bridgehead atoms. The molecule has 0 aliphatic carbocycles. The molecule has 3 N–H and O–H groups in total. The molecule has 1 heterocycles. The van der Waals surface area contributed by atoms with Crippen LogP contribution in [0.5, 0.6) is 0 Å². The summed E-state index contributed by atoms with van der Waals surface area (Å²) in [4.78, 5) is 1.18. The van der Waals surface area contributed by atoms with Crippen LogP contribution in [0.1, 0.15) is 32.1 Å². The molecule has 0 fully saturated rings. The van der Waals surface area contributed by atoms with Gasteiger partial charge in [0.05, 0.1) is 4.90 Å². The lowest BCUT2D eigenvalue weighted by Gasteiger charge is -2.23. The second-order valence-electron chi connectivity index (χ2n) is 4.30. The minimum atomic E-state index is -3.41. The first kappa shape index (κ1) is 13.6. The highest BCUT2D eigenvalue weighted by Gasteiger charge is 2.25. The Bertz CT molecular complexity index is 449. The van der Waals surface area contributed by atoms with Crippen molar-refractivity contribution in [3.05, 3.63) is 16.3 Å². The lowest BCUT2D eigenvalue weighted by molar-refractivity contribution is 0.439. The average molecular weight is 262 g/mol. The van der Waals surface area contributed by atoms with Gasteiger partial charge in [-0.25, -0.2) is 13.1 Å². The van der Waals surface area contributed by atoms with Gasteiger partial charge in [0.15, 0.2) is 0 Å². The molecule has 1 rings (SSSR count). The quantitative estimate of drug-likeness (QED) is 0.848. The molecule has 1 aromatic heterocycles. The van der Waals surface area contributed by atoms with Crippen molar-refractivity contribution in [2.45, 2.75) is 44.2 Å². The number of thiophene rings is 1. The van der Waals surface area contributed by atoms with Gasteiger partial charge in [0.2, 0.25) is 10.0 Å². The Morgan fingerprint density at radius 3 is 2.56 bits per heavy atom. The maximum absolute atomic E-state index is 12.0. The van der Waals surface area contributed by atoms with Crippen molar-refractivity contribution in [3.63, 3.8) is 0 Å². The highest BCUT2D eigenvalue weighted by molar-refractivity contribution is 7.89. The molecule has 6 heteroatoms. The van der Waals surface area contributed by atoms with Crippen LogP contribution in [-0.2, 0) is 16.6 Å². The Balaban J connectivity index is 2.94. The summed E-state index contributed by atoms with van der Waals surface area (Å²) in [6.45, 7) is 6.04. The Labute approximate surface area is 101 Å². The number of hydrogen-bond donors (Lipinski definition) is 2. The lowest BCUT2D eigenvalue weighted by atomic mass is 10.0. The van der Waals surface area contributed by atoms with Crippen LogP contribution in [0, 0.1) is 0 Å². The molecule has 0 unspecified atom stereocenters. The third kappa shape index (κ3) is 3.28. The Hall–Kier alpha value is -0.430. The van der Waals surface area contributed by atoms with Gasteiger partial charge >= 0.3 is 0 Å². The zero-order valence-corrected chi connectivity index (χ0v) is 11.4. The van der Waals surface area contributed by atoms with Crippen molar-refractivity contribution in [1.82, 2.24) is 4.72 Å². The van der Waals surface area contributed by atoms with Crippen LogP contribution in [0.2, 0.25) is 0 Å². The van der Waals surface area contributed by atoms with Crippen LogP contribution in [0.25, 0.3) is 0 Å². The van der Waals surface area contributed by atoms with Gasteiger partial charge < -0.3 is 5.73 Å². The van der Waals surface area contributed by atoms with Crippen molar-refractivity contribution in [1.29, 1.82) is 0 Å². The van der Waals surface area contributed by atoms with E-state index in [-0.39, 0.29) is 0 Å². The molecule has 0 aromatic carbocycles. The Morgan fingerprint density at radius 2 is 2.12 bits per heavy atom. The van der Waals surface area contributed by atoms with Crippen molar-refractivity contribution in [2.75, 3.05) is 0 Å². The second-order valence-corrected chi connectivity index (χ2v) is 6.97. The van der Waals surface area contributed by atoms with E-state index in [4.69, 9.17) is 5.73 Å². The summed E-state index contributed by atoms with van der Waals surface area (Å²) in [6, 6.07) is 1.62. The Kier molecular flexibility index (Phi) is 4.12. The molecule has 0 saturated carbocycles. The number of nitrogens with two attached hydrogens (primary N) is 1. The van der Waals surface area contributed by atoms with E-state index < -0.39 is 15.6 Å². The van der Waals surface area contributed by atoms with Crippen molar-refractivity contribution in [3.8, 4) is 0 Å². The number of rotatable bonds is 5. The molecule has 4 nitrogen and oxygen atoms in total. The summed E-state index contributed by atoms with van der Waals surface area (Å²) < 4.78 is 26.7. The summed E-state index contributed by atoms with van der Waals surface area (Å²) in [5.41, 5.74) is 5.03. The fraction of sp³-hybridized carbons (Fsp3) is 0.600. The van der Waals surface area contributed by atoms with E-state index in [9.17, 15) is 8.42 Å². The van der Waals surface area contributed by atoms with Gasteiger partial charge in [-0.1, -0.05) is 6.92 Å². The molecule has 16 heavy (non-hydrogen) atoms. The van der Waals surface area contributed by atoms with Crippen LogP contribution in [0.4, 0.5) is 0 Å². The van der Waals surface area contributed by atoms with E-state index in [2.05, 4.69) is 4.72 Å². The molecule has 0 radical (unpaired) electrons. The van der Waals surface area contributed by atoms with Crippen LogP contribution in [0.15, 0.2) is 16.3 Å². The fourth-order valence-corrected chi connectivity index (χ4v) is 3.74. The largest absolute Gasteiger partial charge is 0.326 e. The van der Waals surface area contributed by atoms with E-state index in [0.29, 0.717) is 11.4 Å². The topological polar surface area (TPSA) is 72.2 Å². The Morgan fingerprint density at radius 1 is 1.50 bits per heavy atom. The third-order valence-corrected chi connectivity index (χ3v) is 5.22. The number of nitrogens with one attached hydrogen (secondary N) is 1. The molecular weight excluding hydrogens is 244 g/mol. The lowest BCUT2D eigenvalue weighted by Crippen LogP contribution is -2.42. The molecule has 1 aromatic rings. The summed E-state index contributed by atoms with van der Waals surface area (Å²) in [5.74, 6) is 0. The first-order valence-electron chi connectivity index (χ1n) is 5.12. The monoisotopic (exact) mass is 262 g/mol. The zero-order chi connectivity index (χ0) is 12.4. The molecule has 0 spiro atoms. The zero-order valence-electron chi connectivity index (χ0n) is 9.78. The fourth-order valence-electron chi connectivity index (χ4n) is 1.10. The van der Waals surface area contributed by atoms with Crippen LogP contribution in [-0.4, -0.2) is 14.0 Å². The summed E-state index contributed by atoms with van der Waals surface area (Å²) in [6.07, 6.45) is 0.736. The van der Waals surface area contributed by atoms with Gasteiger partial charge in [-0.2, -0.15) is 0 Å². The van der Waals surface area contributed by atoms with E-state index in [0.717, 1.165) is 11.3 Å². The smallest absolute Gasteiger partial charge is 0.241 e. The second kappa shape index (κ2) is 4.83. The maximum atomic E-state index is 12.0. The summed E-state index contributed by atoms with van der Waals surface area (Å²) in [7, 11) is -3.41. The van der Waals surface area contributed by atoms with Crippen molar-refractivity contribution < 1.29 is 8.42 Å². The van der Waals surface area contributed by atoms with E-state index in [1.54, 1.807) is 11.4 Å². The SMILES string of the molecule is CCC(C)(C)NS(=O)(=O)c1csc(CN)c1. The van der Waals surface area contributed by atoms with Crippen molar-refractivity contribution >= 4 is 21.4 Å². The molecule has 0 aliphatic rings. The van der Waals surface area contributed by atoms with E-state index in [1.165, 1.54) is 11.3 Å². The van der Waals surface area contributed by atoms with Crippen LogP contribution >= 0.6 is 11.3 Å². The molecule has 0 aliphatic heterocycles. The molecule has 0 saturated heterocycles. The number of hydrogen-bond acceptors (Lipinski definition) is 4. The molecule has 92 valence electrons. The normalized spacial score (nSPS) is 13.0. The van der Waals surface area contributed by atoms with E-state index in [1.807, 2.05) is 20.8 Å².